The minimum atomic E-state index is 0.548. The number of anilines is 5. The van der Waals surface area contributed by atoms with Crippen LogP contribution in [0.2, 0.25) is 0 Å². The summed E-state index contributed by atoms with van der Waals surface area (Å²) in [5.41, 5.74) is 2.07. The van der Waals surface area contributed by atoms with Crippen LogP contribution in [0.4, 0.5) is 29.2 Å². The smallest absolute Gasteiger partial charge is 0.233 e. The fourth-order valence-electron chi connectivity index (χ4n) is 2.38. The third-order valence-electron chi connectivity index (χ3n) is 3.82. The number of nitrogens with one attached hydrogen (secondary N) is 2. The highest BCUT2D eigenvalue weighted by Crippen LogP contribution is 2.21. The SMILES string of the molecule is CCCNc1nc(Nc2cccc(N(C)C)c2)nc(N(CC)CC)n1. The molecule has 2 rings (SSSR count). The molecule has 1 aromatic heterocycles. The Bertz CT molecular complexity index is 668. The molecule has 0 saturated heterocycles. The van der Waals surface area contributed by atoms with Crippen LogP contribution in [0.25, 0.3) is 0 Å². The lowest BCUT2D eigenvalue weighted by Gasteiger charge is -2.20. The Kier molecular flexibility index (Phi) is 6.80. The zero-order chi connectivity index (χ0) is 18.2. The van der Waals surface area contributed by atoms with Gasteiger partial charge in [0.25, 0.3) is 0 Å². The Balaban J connectivity index is 2.31. The number of rotatable bonds is 9. The monoisotopic (exact) mass is 343 g/mol. The van der Waals surface area contributed by atoms with Crippen LogP contribution in [-0.4, -0.2) is 48.7 Å². The zero-order valence-electron chi connectivity index (χ0n) is 15.9. The van der Waals surface area contributed by atoms with Gasteiger partial charge in [-0.2, -0.15) is 15.0 Å². The molecule has 0 bridgehead atoms. The molecule has 136 valence electrons. The molecule has 7 nitrogen and oxygen atoms in total. The van der Waals surface area contributed by atoms with Gasteiger partial charge >= 0.3 is 0 Å². The van der Waals surface area contributed by atoms with Crippen molar-refractivity contribution in [1.29, 1.82) is 0 Å². The van der Waals surface area contributed by atoms with Gasteiger partial charge in [0.2, 0.25) is 17.8 Å². The normalized spacial score (nSPS) is 10.4. The molecule has 0 fully saturated rings. The molecule has 1 aromatic carbocycles. The molecule has 1 heterocycles. The summed E-state index contributed by atoms with van der Waals surface area (Å²) in [7, 11) is 4.04. The van der Waals surface area contributed by atoms with E-state index in [1.54, 1.807) is 0 Å². The van der Waals surface area contributed by atoms with Gasteiger partial charge in [0, 0.05) is 45.1 Å². The predicted octanol–water partition coefficient (Wildman–Crippen LogP) is 3.35. The van der Waals surface area contributed by atoms with Gasteiger partial charge in [-0.25, -0.2) is 0 Å². The molecule has 0 saturated carbocycles. The molecule has 0 aliphatic rings. The van der Waals surface area contributed by atoms with Gasteiger partial charge in [0.05, 0.1) is 0 Å². The molecular weight excluding hydrogens is 314 g/mol. The molecule has 25 heavy (non-hydrogen) atoms. The second-order valence-corrected chi connectivity index (χ2v) is 5.95. The van der Waals surface area contributed by atoms with Crippen LogP contribution in [0.1, 0.15) is 27.2 Å². The first-order chi connectivity index (χ1) is 12.1. The summed E-state index contributed by atoms with van der Waals surface area (Å²) in [6.45, 7) is 8.84. The third kappa shape index (κ3) is 5.20. The highest BCUT2D eigenvalue weighted by molar-refractivity contribution is 5.62. The summed E-state index contributed by atoms with van der Waals surface area (Å²) in [6.07, 6.45) is 1.01. The lowest BCUT2D eigenvalue weighted by Crippen LogP contribution is -2.25. The van der Waals surface area contributed by atoms with E-state index in [9.17, 15) is 0 Å². The quantitative estimate of drug-likeness (QED) is 0.723. The van der Waals surface area contributed by atoms with Gasteiger partial charge in [-0.05, 0) is 38.5 Å². The van der Waals surface area contributed by atoms with Crippen molar-refractivity contribution >= 4 is 29.2 Å². The lowest BCUT2D eigenvalue weighted by atomic mass is 10.2. The first-order valence-corrected chi connectivity index (χ1v) is 8.86. The van der Waals surface area contributed by atoms with Crippen molar-refractivity contribution in [3.8, 4) is 0 Å². The van der Waals surface area contributed by atoms with Gasteiger partial charge in [-0.15, -0.1) is 0 Å². The van der Waals surface area contributed by atoms with Crippen molar-refractivity contribution < 1.29 is 0 Å². The van der Waals surface area contributed by atoms with E-state index >= 15 is 0 Å². The van der Waals surface area contributed by atoms with Crippen molar-refractivity contribution in [3.63, 3.8) is 0 Å². The average Bonchev–Trinajstić information content (AvgIpc) is 2.61. The van der Waals surface area contributed by atoms with E-state index in [1.807, 2.05) is 26.2 Å². The van der Waals surface area contributed by atoms with Gasteiger partial charge in [0.1, 0.15) is 0 Å². The highest BCUT2D eigenvalue weighted by Gasteiger charge is 2.11. The molecule has 0 spiro atoms. The fourth-order valence-corrected chi connectivity index (χ4v) is 2.38. The van der Waals surface area contributed by atoms with Gasteiger partial charge in [-0.3, -0.25) is 0 Å². The Morgan fingerprint density at radius 2 is 1.68 bits per heavy atom. The molecule has 0 radical (unpaired) electrons. The minimum absolute atomic E-state index is 0.548. The van der Waals surface area contributed by atoms with Crippen LogP contribution in [0.5, 0.6) is 0 Å². The Hall–Kier alpha value is -2.57. The average molecular weight is 343 g/mol. The van der Waals surface area contributed by atoms with E-state index in [-0.39, 0.29) is 0 Å². The van der Waals surface area contributed by atoms with Crippen molar-refractivity contribution in [2.45, 2.75) is 27.2 Å². The second kappa shape index (κ2) is 9.05. The lowest BCUT2D eigenvalue weighted by molar-refractivity contribution is 0.812. The van der Waals surface area contributed by atoms with Crippen LogP contribution >= 0.6 is 0 Å². The van der Waals surface area contributed by atoms with Gasteiger partial charge in [0.15, 0.2) is 0 Å². The first-order valence-electron chi connectivity index (χ1n) is 8.86. The third-order valence-corrected chi connectivity index (χ3v) is 3.82. The maximum Gasteiger partial charge on any atom is 0.233 e. The number of benzene rings is 1. The fraction of sp³-hybridized carbons (Fsp3) is 0.500. The Morgan fingerprint density at radius 3 is 2.32 bits per heavy atom. The largest absolute Gasteiger partial charge is 0.378 e. The minimum Gasteiger partial charge on any atom is -0.378 e. The molecule has 0 unspecified atom stereocenters. The molecule has 7 heteroatoms. The van der Waals surface area contributed by atoms with Crippen molar-refractivity contribution in [2.24, 2.45) is 0 Å². The number of hydrogen-bond donors (Lipinski definition) is 2. The maximum atomic E-state index is 4.59. The predicted molar refractivity (Wildman–Crippen MR) is 106 cm³/mol. The van der Waals surface area contributed by atoms with Crippen LogP contribution in [0.3, 0.4) is 0 Å². The summed E-state index contributed by atoms with van der Waals surface area (Å²) in [4.78, 5) is 17.8. The summed E-state index contributed by atoms with van der Waals surface area (Å²) in [5.74, 6) is 1.83. The van der Waals surface area contributed by atoms with Crippen molar-refractivity contribution in [2.75, 3.05) is 54.2 Å². The summed E-state index contributed by atoms with van der Waals surface area (Å²) in [5, 5.41) is 6.56. The number of hydrogen-bond acceptors (Lipinski definition) is 7. The number of aromatic nitrogens is 3. The van der Waals surface area contributed by atoms with Gasteiger partial charge < -0.3 is 20.4 Å². The van der Waals surface area contributed by atoms with Gasteiger partial charge in [-0.1, -0.05) is 13.0 Å². The van der Waals surface area contributed by atoms with E-state index < -0.39 is 0 Å². The van der Waals surface area contributed by atoms with E-state index in [0.29, 0.717) is 17.8 Å². The van der Waals surface area contributed by atoms with E-state index in [4.69, 9.17) is 0 Å². The topological polar surface area (TPSA) is 69.2 Å². The van der Waals surface area contributed by atoms with Crippen molar-refractivity contribution in [3.05, 3.63) is 24.3 Å². The summed E-state index contributed by atoms with van der Waals surface area (Å²) >= 11 is 0. The highest BCUT2D eigenvalue weighted by atomic mass is 15.3. The van der Waals surface area contributed by atoms with E-state index in [1.165, 1.54) is 0 Å². The molecule has 0 amide bonds. The van der Waals surface area contributed by atoms with Crippen molar-refractivity contribution in [1.82, 2.24) is 15.0 Å². The molecule has 0 aliphatic heterocycles. The summed E-state index contributed by atoms with van der Waals surface area (Å²) < 4.78 is 0. The van der Waals surface area contributed by atoms with E-state index in [2.05, 4.69) is 68.3 Å². The standard InChI is InChI=1S/C18H29N7/c1-6-12-19-16-21-17(23-18(22-16)25(7-2)8-3)20-14-10-9-11-15(13-14)24(4)5/h9-11,13H,6-8,12H2,1-5H3,(H2,19,20,21,22,23). The molecule has 0 atom stereocenters. The van der Waals surface area contributed by atoms with Crippen LogP contribution in [0, 0.1) is 0 Å². The van der Waals surface area contributed by atoms with Crippen LogP contribution < -0.4 is 20.4 Å². The van der Waals surface area contributed by atoms with E-state index in [0.717, 1.165) is 37.4 Å². The molecule has 2 aromatic rings. The van der Waals surface area contributed by atoms with Crippen LogP contribution in [-0.2, 0) is 0 Å². The Labute approximate surface area is 150 Å². The zero-order valence-corrected chi connectivity index (χ0v) is 15.9. The molecule has 2 N–H and O–H groups in total. The van der Waals surface area contributed by atoms with Crippen LogP contribution in [0.15, 0.2) is 24.3 Å². The number of nitrogens with zero attached hydrogens (tertiary/aromatic N) is 5. The maximum absolute atomic E-state index is 4.59. The molecular formula is C18H29N7. The Morgan fingerprint density at radius 1 is 0.960 bits per heavy atom. The first kappa shape index (κ1) is 18.8. The summed E-state index contributed by atoms with van der Waals surface area (Å²) in [6, 6.07) is 8.15. The molecule has 0 aliphatic carbocycles. The second-order valence-electron chi connectivity index (χ2n) is 5.95.